The minimum Gasteiger partial charge on any atom is -0.0761 e. The molecular formula is C12H14. The van der Waals surface area contributed by atoms with Crippen LogP contribution >= 0.6 is 0 Å². The summed E-state index contributed by atoms with van der Waals surface area (Å²) < 4.78 is 0. The standard InChI is InChI=1S/C12H14/c1-9-6-7-11-5-3-4-10(2)12(11)8-9/h3-5,7-9H,6H2,1-2H3. The summed E-state index contributed by atoms with van der Waals surface area (Å²) in [5.41, 5.74) is 1.40. The van der Waals surface area contributed by atoms with E-state index in [9.17, 15) is 0 Å². The van der Waals surface area contributed by atoms with Gasteiger partial charge in [0.2, 0.25) is 0 Å². The first-order valence-electron chi connectivity index (χ1n) is 4.55. The van der Waals surface area contributed by atoms with E-state index in [1.54, 1.807) is 0 Å². The van der Waals surface area contributed by atoms with E-state index in [0.29, 0.717) is 5.92 Å². The first kappa shape index (κ1) is 7.60. The highest BCUT2D eigenvalue weighted by Gasteiger charge is 2.01. The van der Waals surface area contributed by atoms with Crippen molar-refractivity contribution in [3.05, 3.63) is 34.2 Å². The van der Waals surface area contributed by atoms with Crippen LogP contribution in [0.25, 0.3) is 12.2 Å². The number of rotatable bonds is 0. The van der Waals surface area contributed by atoms with Gasteiger partial charge in [0.25, 0.3) is 0 Å². The van der Waals surface area contributed by atoms with Crippen molar-refractivity contribution in [1.82, 2.24) is 0 Å². The van der Waals surface area contributed by atoms with Crippen molar-refractivity contribution in [3.8, 4) is 0 Å². The van der Waals surface area contributed by atoms with Crippen molar-refractivity contribution in [2.24, 2.45) is 5.92 Å². The predicted octanol–water partition coefficient (Wildman–Crippen LogP) is 1.60. The van der Waals surface area contributed by atoms with Gasteiger partial charge in [-0.25, -0.2) is 0 Å². The lowest BCUT2D eigenvalue weighted by Crippen LogP contribution is -2.30. The Morgan fingerprint density at radius 1 is 1.33 bits per heavy atom. The third-order valence-corrected chi connectivity index (χ3v) is 2.52. The number of aryl methyl sites for hydroxylation is 1. The number of hydrogen-bond acceptors (Lipinski definition) is 0. The number of hydrogen-bond donors (Lipinski definition) is 0. The first-order chi connectivity index (χ1) is 5.77. The SMILES string of the molecule is Cc1cccc2c1=CC(C)CC=2. The second-order valence-electron chi connectivity index (χ2n) is 3.66. The van der Waals surface area contributed by atoms with Crippen LogP contribution in [0, 0.1) is 12.8 Å². The normalized spacial score (nSPS) is 20.7. The lowest BCUT2D eigenvalue weighted by Gasteiger charge is -2.08. The maximum Gasteiger partial charge on any atom is -0.0195 e. The van der Waals surface area contributed by atoms with Gasteiger partial charge >= 0.3 is 0 Å². The molecule has 1 aromatic carbocycles. The third kappa shape index (κ3) is 1.18. The zero-order valence-corrected chi connectivity index (χ0v) is 7.67. The highest BCUT2D eigenvalue weighted by atomic mass is 14.1. The van der Waals surface area contributed by atoms with Crippen LogP contribution in [0.2, 0.25) is 0 Å². The van der Waals surface area contributed by atoms with Gasteiger partial charge in [0, 0.05) is 0 Å². The third-order valence-electron chi connectivity index (χ3n) is 2.52. The zero-order chi connectivity index (χ0) is 8.55. The Bertz CT molecular complexity index is 399. The van der Waals surface area contributed by atoms with Crippen molar-refractivity contribution in [2.45, 2.75) is 20.3 Å². The van der Waals surface area contributed by atoms with E-state index in [2.05, 4.69) is 44.2 Å². The molecule has 1 aliphatic rings. The molecule has 0 heteroatoms. The molecule has 1 unspecified atom stereocenters. The molecule has 12 heavy (non-hydrogen) atoms. The van der Waals surface area contributed by atoms with E-state index in [0.717, 1.165) is 0 Å². The fourth-order valence-corrected chi connectivity index (χ4v) is 1.77. The lowest BCUT2D eigenvalue weighted by atomic mass is 9.97. The van der Waals surface area contributed by atoms with Crippen LogP contribution in [0.5, 0.6) is 0 Å². The average Bonchev–Trinajstić information content (AvgIpc) is 2.07. The summed E-state index contributed by atoms with van der Waals surface area (Å²) in [6.07, 6.45) is 5.91. The molecular weight excluding hydrogens is 144 g/mol. The van der Waals surface area contributed by atoms with Gasteiger partial charge in [-0.15, -0.1) is 0 Å². The van der Waals surface area contributed by atoms with Gasteiger partial charge in [-0.1, -0.05) is 37.3 Å². The van der Waals surface area contributed by atoms with Crippen molar-refractivity contribution < 1.29 is 0 Å². The quantitative estimate of drug-likeness (QED) is 0.538. The van der Waals surface area contributed by atoms with Crippen LogP contribution in [-0.2, 0) is 0 Å². The van der Waals surface area contributed by atoms with E-state index in [1.807, 2.05) is 0 Å². The molecule has 0 bridgehead atoms. The van der Waals surface area contributed by atoms with E-state index in [1.165, 1.54) is 22.4 Å². The van der Waals surface area contributed by atoms with Crippen LogP contribution in [0.15, 0.2) is 18.2 Å². The minimum atomic E-state index is 0.707. The molecule has 0 nitrogen and oxygen atoms in total. The number of benzene rings is 1. The van der Waals surface area contributed by atoms with Gasteiger partial charge in [0.15, 0.2) is 0 Å². The second kappa shape index (κ2) is 2.78. The van der Waals surface area contributed by atoms with Crippen molar-refractivity contribution in [3.63, 3.8) is 0 Å². The Balaban J connectivity index is 2.80. The predicted molar refractivity (Wildman–Crippen MR) is 53.1 cm³/mol. The highest BCUT2D eigenvalue weighted by Crippen LogP contribution is 2.06. The smallest absolute Gasteiger partial charge is 0.0195 e. The fraction of sp³-hybridized carbons (Fsp3) is 0.333. The first-order valence-corrected chi connectivity index (χ1v) is 4.55. The van der Waals surface area contributed by atoms with Gasteiger partial charge < -0.3 is 0 Å². The van der Waals surface area contributed by atoms with Crippen LogP contribution in [0.3, 0.4) is 0 Å². The Kier molecular flexibility index (Phi) is 1.76. The minimum absolute atomic E-state index is 0.707. The molecule has 1 atom stereocenters. The van der Waals surface area contributed by atoms with Gasteiger partial charge in [0.1, 0.15) is 0 Å². The summed E-state index contributed by atoms with van der Waals surface area (Å²) in [4.78, 5) is 0. The van der Waals surface area contributed by atoms with Crippen molar-refractivity contribution >= 4 is 12.2 Å². The average molecular weight is 158 g/mol. The monoisotopic (exact) mass is 158 g/mol. The molecule has 0 heterocycles. The summed E-state index contributed by atoms with van der Waals surface area (Å²) in [7, 11) is 0. The molecule has 0 radical (unpaired) electrons. The van der Waals surface area contributed by atoms with Gasteiger partial charge in [-0.05, 0) is 35.3 Å². The summed E-state index contributed by atoms with van der Waals surface area (Å²) in [6.45, 7) is 4.45. The molecule has 1 aliphatic carbocycles. The topological polar surface area (TPSA) is 0 Å². The molecule has 2 rings (SSSR count). The maximum atomic E-state index is 2.38. The van der Waals surface area contributed by atoms with Crippen LogP contribution in [0.4, 0.5) is 0 Å². The molecule has 0 fully saturated rings. The van der Waals surface area contributed by atoms with Crippen molar-refractivity contribution in [1.29, 1.82) is 0 Å². The van der Waals surface area contributed by atoms with Crippen molar-refractivity contribution in [2.75, 3.05) is 0 Å². The Morgan fingerprint density at radius 3 is 3.00 bits per heavy atom. The van der Waals surface area contributed by atoms with E-state index in [-0.39, 0.29) is 0 Å². The second-order valence-corrected chi connectivity index (χ2v) is 3.66. The highest BCUT2D eigenvalue weighted by molar-refractivity contribution is 5.42. The largest absolute Gasteiger partial charge is 0.0761 e. The molecule has 0 saturated carbocycles. The Hall–Kier alpha value is -1.04. The van der Waals surface area contributed by atoms with E-state index >= 15 is 0 Å². The van der Waals surface area contributed by atoms with Gasteiger partial charge in [-0.3, -0.25) is 0 Å². The van der Waals surface area contributed by atoms with E-state index in [4.69, 9.17) is 0 Å². The lowest BCUT2D eigenvalue weighted by molar-refractivity contribution is 0.799. The molecule has 0 saturated heterocycles. The Morgan fingerprint density at radius 2 is 2.17 bits per heavy atom. The molecule has 62 valence electrons. The molecule has 0 aliphatic heterocycles. The maximum absolute atomic E-state index is 2.38. The molecule has 0 spiro atoms. The van der Waals surface area contributed by atoms with E-state index < -0.39 is 0 Å². The molecule has 1 aromatic rings. The summed E-state index contributed by atoms with van der Waals surface area (Å²) in [5.74, 6) is 0.707. The number of fused-ring (bicyclic) bond motifs is 1. The van der Waals surface area contributed by atoms with Crippen LogP contribution in [-0.4, -0.2) is 0 Å². The Labute approximate surface area is 73.2 Å². The molecule has 0 amide bonds. The summed E-state index contributed by atoms with van der Waals surface area (Å²) in [5, 5.41) is 2.85. The molecule has 0 N–H and O–H groups in total. The molecule has 0 aromatic heterocycles. The summed E-state index contributed by atoms with van der Waals surface area (Å²) in [6, 6.07) is 6.51. The fourth-order valence-electron chi connectivity index (χ4n) is 1.77. The van der Waals surface area contributed by atoms with Gasteiger partial charge in [0.05, 0.1) is 0 Å². The van der Waals surface area contributed by atoms with Gasteiger partial charge in [-0.2, -0.15) is 0 Å². The van der Waals surface area contributed by atoms with Crippen LogP contribution in [0.1, 0.15) is 18.9 Å². The summed E-state index contributed by atoms with van der Waals surface area (Å²) >= 11 is 0. The zero-order valence-electron chi connectivity index (χ0n) is 7.67. The van der Waals surface area contributed by atoms with Crippen LogP contribution < -0.4 is 10.4 Å².